The maximum Gasteiger partial charge on any atom is 0.223 e. The molecule has 24 heavy (non-hydrogen) atoms. The van der Waals surface area contributed by atoms with Gasteiger partial charge in [0.25, 0.3) is 0 Å². The van der Waals surface area contributed by atoms with Gasteiger partial charge in [-0.1, -0.05) is 44.2 Å². The quantitative estimate of drug-likeness (QED) is 0.769. The van der Waals surface area contributed by atoms with Crippen molar-refractivity contribution >= 4 is 5.91 Å². The summed E-state index contributed by atoms with van der Waals surface area (Å²) < 4.78 is 0. The van der Waals surface area contributed by atoms with Crippen molar-refractivity contribution < 1.29 is 9.90 Å². The molecule has 1 saturated carbocycles. The fraction of sp³-hybridized carbons (Fsp3) is 0.650. The van der Waals surface area contributed by atoms with Gasteiger partial charge in [0.1, 0.15) is 0 Å². The topological polar surface area (TPSA) is 52.6 Å². The molecule has 0 aromatic heterocycles. The molecular formula is C20H30N2O2. The Morgan fingerprint density at radius 2 is 1.96 bits per heavy atom. The van der Waals surface area contributed by atoms with Crippen LogP contribution < -0.4 is 5.32 Å². The maximum absolute atomic E-state index is 12.7. The Balaban J connectivity index is 1.73. The second kappa shape index (κ2) is 7.66. The van der Waals surface area contributed by atoms with Gasteiger partial charge in [0.2, 0.25) is 5.91 Å². The van der Waals surface area contributed by atoms with Crippen molar-refractivity contribution in [2.24, 2.45) is 11.8 Å². The van der Waals surface area contributed by atoms with Crippen LogP contribution in [0.3, 0.4) is 0 Å². The van der Waals surface area contributed by atoms with E-state index < -0.39 is 0 Å². The van der Waals surface area contributed by atoms with Crippen LogP contribution in [0.15, 0.2) is 30.3 Å². The minimum absolute atomic E-state index is 0.0383. The number of carbonyl (C=O) groups excluding carboxylic acids is 1. The number of carbonyl (C=O) groups is 1. The molecule has 1 aromatic rings. The minimum atomic E-state index is -0.0792. The molecule has 2 fully saturated rings. The second-order valence-electron chi connectivity index (χ2n) is 7.75. The number of aliphatic hydroxyl groups is 1. The molecule has 4 heteroatoms. The van der Waals surface area contributed by atoms with E-state index in [9.17, 15) is 9.90 Å². The number of likely N-dealkylation sites (tertiary alicyclic amines) is 1. The van der Waals surface area contributed by atoms with E-state index in [-0.39, 0.29) is 30.5 Å². The van der Waals surface area contributed by atoms with Crippen molar-refractivity contribution in [1.82, 2.24) is 10.2 Å². The van der Waals surface area contributed by atoms with Gasteiger partial charge in [0, 0.05) is 18.9 Å². The van der Waals surface area contributed by atoms with E-state index in [1.807, 2.05) is 23.1 Å². The first-order valence-corrected chi connectivity index (χ1v) is 9.29. The van der Waals surface area contributed by atoms with Crippen LogP contribution in [-0.2, 0) is 4.79 Å². The van der Waals surface area contributed by atoms with Crippen LogP contribution in [0.5, 0.6) is 0 Å². The van der Waals surface area contributed by atoms with Crippen LogP contribution in [0, 0.1) is 11.8 Å². The molecule has 1 aliphatic heterocycles. The van der Waals surface area contributed by atoms with Gasteiger partial charge in [-0.05, 0) is 36.8 Å². The van der Waals surface area contributed by atoms with E-state index in [1.165, 1.54) is 18.4 Å². The van der Waals surface area contributed by atoms with E-state index in [0.29, 0.717) is 18.3 Å². The third-order valence-corrected chi connectivity index (χ3v) is 5.27. The Morgan fingerprint density at radius 3 is 2.54 bits per heavy atom. The van der Waals surface area contributed by atoms with Gasteiger partial charge >= 0.3 is 0 Å². The van der Waals surface area contributed by atoms with Gasteiger partial charge in [0.15, 0.2) is 0 Å². The molecule has 4 nitrogen and oxygen atoms in total. The predicted molar refractivity (Wildman–Crippen MR) is 95.7 cm³/mol. The lowest BCUT2D eigenvalue weighted by atomic mass is 9.74. The summed E-state index contributed by atoms with van der Waals surface area (Å²) in [7, 11) is 0. The largest absolute Gasteiger partial charge is 0.394 e. The van der Waals surface area contributed by atoms with Crippen LogP contribution in [0.1, 0.15) is 44.6 Å². The van der Waals surface area contributed by atoms with Crippen molar-refractivity contribution in [3.63, 3.8) is 0 Å². The molecule has 0 unspecified atom stereocenters. The van der Waals surface area contributed by atoms with Crippen molar-refractivity contribution in [3.8, 4) is 0 Å². The summed E-state index contributed by atoms with van der Waals surface area (Å²) in [6, 6.07) is 10.4. The molecule has 1 aliphatic carbocycles. The van der Waals surface area contributed by atoms with Gasteiger partial charge in [-0.3, -0.25) is 4.79 Å². The highest BCUT2D eigenvalue weighted by Crippen LogP contribution is 2.42. The molecule has 3 atom stereocenters. The van der Waals surface area contributed by atoms with E-state index >= 15 is 0 Å². The van der Waals surface area contributed by atoms with E-state index in [0.717, 1.165) is 13.1 Å². The lowest BCUT2D eigenvalue weighted by molar-refractivity contribution is -0.150. The molecule has 2 aliphatic rings. The first-order valence-electron chi connectivity index (χ1n) is 9.29. The zero-order valence-electron chi connectivity index (χ0n) is 14.8. The number of nitrogens with zero attached hydrogens (tertiary/aromatic N) is 1. The SMILES string of the molecule is CC(C)CNC[C@@H]1[C@@H](c2ccccc2)[C@@H](CO)N1C(=O)CC1CC1. The summed E-state index contributed by atoms with van der Waals surface area (Å²) in [6.45, 7) is 6.16. The lowest BCUT2D eigenvalue weighted by Gasteiger charge is -2.55. The summed E-state index contributed by atoms with van der Waals surface area (Å²) in [4.78, 5) is 14.7. The van der Waals surface area contributed by atoms with Crippen LogP contribution in [0.2, 0.25) is 0 Å². The van der Waals surface area contributed by atoms with Gasteiger partial charge in [0.05, 0.1) is 18.7 Å². The molecule has 132 valence electrons. The summed E-state index contributed by atoms with van der Waals surface area (Å²) in [5.74, 6) is 1.61. The molecule has 1 heterocycles. The zero-order valence-corrected chi connectivity index (χ0v) is 14.8. The Kier molecular flexibility index (Phi) is 5.57. The number of aliphatic hydroxyl groups excluding tert-OH is 1. The summed E-state index contributed by atoms with van der Waals surface area (Å²) in [5.41, 5.74) is 1.23. The first kappa shape index (κ1) is 17.4. The Hall–Kier alpha value is -1.39. The van der Waals surface area contributed by atoms with Gasteiger partial charge < -0.3 is 15.3 Å². The molecule has 1 saturated heterocycles. The average Bonchev–Trinajstić information content (AvgIpc) is 3.34. The number of hydrogen-bond acceptors (Lipinski definition) is 3. The number of amides is 1. The van der Waals surface area contributed by atoms with Gasteiger partial charge in [-0.15, -0.1) is 0 Å². The predicted octanol–water partition coefficient (Wildman–Crippen LogP) is 2.39. The molecule has 1 amide bonds. The number of benzene rings is 1. The minimum Gasteiger partial charge on any atom is -0.394 e. The Morgan fingerprint density at radius 1 is 1.25 bits per heavy atom. The van der Waals surface area contributed by atoms with E-state index in [2.05, 4.69) is 31.3 Å². The van der Waals surface area contributed by atoms with Gasteiger partial charge in [-0.25, -0.2) is 0 Å². The normalized spacial score (nSPS) is 26.5. The zero-order chi connectivity index (χ0) is 17.1. The molecule has 2 N–H and O–H groups in total. The van der Waals surface area contributed by atoms with Crippen molar-refractivity contribution in [2.75, 3.05) is 19.7 Å². The smallest absolute Gasteiger partial charge is 0.223 e. The first-order chi connectivity index (χ1) is 11.6. The number of nitrogens with one attached hydrogen (secondary N) is 1. The molecular weight excluding hydrogens is 300 g/mol. The Bertz CT molecular complexity index is 542. The number of rotatable bonds is 8. The van der Waals surface area contributed by atoms with Crippen LogP contribution in [-0.4, -0.2) is 47.7 Å². The summed E-state index contributed by atoms with van der Waals surface area (Å²) in [6.07, 6.45) is 3.02. The fourth-order valence-electron chi connectivity index (χ4n) is 3.86. The monoisotopic (exact) mass is 330 g/mol. The molecule has 0 spiro atoms. The van der Waals surface area contributed by atoms with E-state index in [4.69, 9.17) is 0 Å². The highest BCUT2D eigenvalue weighted by atomic mass is 16.3. The Labute approximate surface area is 145 Å². The fourth-order valence-corrected chi connectivity index (χ4v) is 3.86. The molecule has 0 bridgehead atoms. The van der Waals surface area contributed by atoms with Crippen LogP contribution in [0.25, 0.3) is 0 Å². The van der Waals surface area contributed by atoms with Crippen molar-refractivity contribution in [3.05, 3.63) is 35.9 Å². The number of hydrogen-bond donors (Lipinski definition) is 2. The molecule has 3 rings (SSSR count). The summed E-state index contributed by atoms with van der Waals surface area (Å²) >= 11 is 0. The van der Waals surface area contributed by atoms with Crippen molar-refractivity contribution in [2.45, 2.75) is 51.1 Å². The van der Waals surface area contributed by atoms with Gasteiger partial charge in [-0.2, -0.15) is 0 Å². The highest BCUT2D eigenvalue weighted by molar-refractivity contribution is 5.79. The van der Waals surface area contributed by atoms with Crippen LogP contribution >= 0.6 is 0 Å². The molecule has 1 aromatic carbocycles. The third-order valence-electron chi connectivity index (χ3n) is 5.27. The van der Waals surface area contributed by atoms with Crippen LogP contribution in [0.4, 0.5) is 0 Å². The third kappa shape index (κ3) is 3.81. The molecule has 0 radical (unpaired) electrons. The van der Waals surface area contributed by atoms with Crippen molar-refractivity contribution in [1.29, 1.82) is 0 Å². The lowest BCUT2D eigenvalue weighted by Crippen LogP contribution is -2.68. The summed E-state index contributed by atoms with van der Waals surface area (Å²) in [5, 5.41) is 13.4. The maximum atomic E-state index is 12.7. The highest BCUT2D eigenvalue weighted by Gasteiger charge is 2.51. The van der Waals surface area contributed by atoms with E-state index in [1.54, 1.807) is 0 Å². The average molecular weight is 330 g/mol. The second-order valence-corrected chi connectivity index (χ2v) is 7.75. The standard InChI is InChI=1S/C20H30N2O2/c1-14(2)11-21-12-17-20(16-6-4-3-5-7-16)18(13-23)22(17)19(24)10-15-8-9-15/h3-7,14-15,17-18,20-21,23H,8-13H2,1-2H3/t17-,18-,20-/m1/s1.